The van der Waals surface area contributed by atoms with Crippen molar-refractivity contribution in [1.82, 2.24) is 19.8 Å². The van der Waals surface area contributed by atoms with Gasteiger partial charge < -0.3 is 10.2 Å². The lowest BCUT2D eigenvalue weighted by molar-refractivity contribution is 0.243. The van der Waals surface area contributed by atoms with Crippen LogP contribution in [-0.4, -0.2) is 52.5 Å². The maximum absolute atomic E-state index is 6.51. The van der Waals surface area contributed by atoms with E-state index in [1.54, 1.807) is 0 Å². The minimum absolute atomic E-state index is 0.597. The standard InChI is InChI=1S/C21H28ClN5/c22-20-18-16-27(15-17-7-2-1-3-8-17)14-9-19(18)24-21(25-20)23-10-6-13-26-11-4-5-12-26/h1-3,7-8H,4-6,9-16H2,(H,23,24,25). The third-order valence-electron chi connectivity index (χ3n) is 5.47. The number of benzene rings is 1. The minimum atomic E-state index is 0.597. The van der Waals surface area contributed by atoms with Crippen LogP contribution in [0.4, 0.5) is 5.95 Å². The van der Waals surface area contributed by atoms with Gasteiger partial charge in [-0.05, 0) is 44.5 Å². The molecule has 0 bridgehead atoms. The highest BCUT2D eigenvalue weighted by atomic mass is 35.5. The molecular weight excluding hydrogens is 358 g/mol. The molecule has 2 aliphatic heterocycles. The van der Waals surface area contributed by atoms with E-state index in [1.165, 1.54) is 31.5 Å². The van der Waals surface area contributed by atoms with Crippen LogP contribution in [0.3, 0.4) is 0 Å². The fraction of sp³-hybridized carbons (Fsp3) is 0.524. The fourth-order valence-corrected chi connectivity index (χ4v) is 4.24. The Bertz CT molecular complexity index is 746. The van der Waals surface area contributed by atoms with E-state index in [0.717, 1.165) is 56.8 Å². The lowest BCUT2D eigenvalue weighted by Crippen LogP contribution is -2.31. The van der Waals surface area contributed by atoms with Gasteiger partial charge in [0.25, 0.3) is 0 Å². The van der Waals surface area contributed by atoms with Gasteiger partial charge in [-0.1, -0.05) is 41.9 Å². The van der Waals surface area contributed by atoms with Crippen molar-refractivity contribution in [2.75, 3.05) is 38.0 Å². The Kier molecular flexibility index (Phi) is 6.22. The SMILES string of the molecule is Clc1nc(NCCCN2CCCC2)nc2c1CN(Cc1ccccc1)CC2. The van der Waals surface area contributed by atoms with E-state index in [9.17, 15) is 0 Å². The zero-order chi connectivity index (χ0) is 18.5. The van der Waals surface area contributed by atoms with Gasteiger partial charge >= 0.3 is 0 Å². The molecule has 1 N–H and O–H groups in total. The number of hydrogen-bond acceptors (Lipinski definition) is 5. The van der Waals surface area contributed by atoms with Crippen molar-refractivity contribution in [3.8, 4) is 0 Å². The first-order valence-electron chi connectivity index (χ1n) is 10.1. The van der Waals surface area contributed by atoms with Crippen LogP contribution >= 0.6 is 11.6 Å². The first-order chi connectivity index (χ1) is 13.3. The Morgan fingerprint density at radius 3 is 2.63 bits per heavy atom. The predicted molar refractivity (Wildman–Crippen MR) is 110 cm³/mol. The molecule has 0 aliphatic carbocycles. The maximum Gasteiger partial charge on any atom is 0.224 e. The van der Waals surface area contributed by atoms with Crippen molar-refractivity contribution in [2.24, 2.45) is 0 Å². The van der Waals surface area contributed by atoms with Crippen molar-refractivity contribution >= 4 is 17.5 Å². The van der Waals surface area contributed by atoms with Crippen molar-refractivity contribution in [1.29, 1.82) is 0 Å². The van der Waals surface area contributed by atoms with E-state index in [-0.39, 0.29) is 0 Å². The molecule has 2 aromatic rings. The van der Waals surface area contributed by atoms with Gasteiger partial charge in [0.2, 0.25) is 5.95 Å². The normalized spacial score (nSPS) is 17.8. The highest BCUT2D eigenvalue weighted by molar-refractivity contribution is 6.30. The first-order valence-corrected chi connectivity index (χ1v) is 10.4. The van der Waals surface area contributed by atoms with Gasteiger partial charge in [-0.3, -0.25) is 4.90 Å². The molecule has 1 saturated heterocycles. The summed E-state index contributed by atoms with van der Waals surface area (Å²) in [5, 5.41) is 3.96. The predicted octanol–water partition coefficient (Wildman–Crippen LogP) is 3.59. The Morgan fingerprint density at radius 2 is 1.81 bits per heavy atom. The summed E-state index contributed by atoms with van der Waals surface area (Å²) in [5.41, 5.74) is 3.51. The summed E-state index contributed by atoms with van der Waals surface area (Å²) >= 11 is 6.51. The van der Waals surface area contributed by atoms with Crippen LogP contribution in [0, 0.1) is 0 Å². The summed E-state index contributed by atoms with van der Waals surface area (Å²) in [4.78, 5) is 14.2. The summed E-state index contributed by atoms with van der Waals surface area (Å²) in [6.45, 7) is 7.31. The van der Waals surface area contributed by atoms with Crippen LogP contribution in [0.15, 0.2) is 30.3 Å². The zero-order valence-electron chi connectivity index (χ0n) is 15.8. The summed E-state index contributed by atoms with van der Waals surface area (Å²) in [7, 11) is 0. The van der Waals surface area contributed by atoms with Crippen LogP contribution in [0.1, 0.15) is 36.1 Å². The van der Waals surface area contributed by atoms with E-state index < -0.39 is 0 Å². The third kappa shape index (κ3) is 4.98. The molecule has 27 heavy (non-hydrogen) atoms. The second-order valence-corrected chi connectivity index (χ2v) is 7.90. The summed E-state index contributed by atoms with van der Waals surface area (Å²) in [5.74, 6) is 0.677. The topological polar surface area (TPSA) is 44.3 Å². The van der Waals surface area contributed by atoms with Crippen LogP contribution < -0.4 is 5.32 Å². The van der Waals surface area contributed by atoms with Gasteiger partial charge in [-0.15, -0.1) is 0 Å². The Morgan fingerprint density at radius 1 is 1.00 bits per heavy atom. The quantitative estimate of drug-likeness (QED) is 0.583. The largest absolute Gasteiger partial charge is 0.354 e. The first kappa shape index (κ1) is 18.7. The number of halogens is 1. The van der Waals surface area contributed by atoms with E-state index in [0.29, 0.717) is 11.1 Å². The van der Waals surface area contributed by atoms with Gasteiger partial charge in [0.15, 0.2) is 0 Å². The Hall–Kier alpha value is -1.69. The molecule has 0 amide bonds. The molecular formula is C21H28ClN5. The lowest BCUT2D eigenvalue weighted by Gasteiger charge is -2.28. The third-order valence-corrected chi connectivity index (χ3v) is 5.78. The van der Waals surface area contributed by atoms with Gasteiger partial charge in [0, 0.05) is 38.2 Å². The Labute approximate surface area is 166 Å². The van der Waals surface area contributed by atoms with Crippen LogP contribution in [0.2, 0.25) is 5.15 Å². The Balaban J connectivity index is 1.32. The fourth-order valence-electron chi connectivity index (χ4n) is 3.99. The summed E-state index contributed by atoms with van der Waals surface area (Å²) < 4.78 is 0. The van der Waals surface area contributed by atoms with Crippen molar-refractivity contribution in [3.63, 3.8) is 0 Å². The monoisotopic (exact) mass is 385 g/mol. The number of nitrogens with one attached hydrogen (secondary N) is 1. The number of fused-ring (bicyclic) bond motifs is 1. The van der Waals surface area contributed by atoms with E-state index >= 15 is 0 Å². The maximum atomic E-state index is 6.51. The highest BCUT2D eigenvalue weighted by Crippen LogP contribution is 2.26. The number of likely N-dealkylation sites (tertiary alicyclic amines) is 1. The van der Waals surface area contributed by atoms with Gasteiger partial charge in [0.05, 0.1) is 5.69 Å². The molecule has 0 saturated carbocycles. The van der Waals surface area contributed by atoms with E-state index in [2.05, 4.69) is 50.4 Å². The van der Waals surface area contributed by atoms with Crippen molar-refractivity contribution in [3.05, 3.63) is 52.3 Å². The molecule has 1 fully saturated rings. The van der Waals surface area contributed by atoms with Crippen molar-refractivity contribution in [2.45, 2.75) is 38.8 Å². The molecule has 0 atom stereocenters. The number of anilines is 1. The van der Waals surface area contributed by atoms with E-state index in [1.807, 2.05) is 0 Å². The van der Waals surface area contributed by atoms with Crippen molar-refractivity contribution < 1.29 is 0 Å². The molecule has 6 heteroatoms. The molecule has 0 spiro atoms. The average molecular weight is 386 g/mol. The second-order valence-electron chi connectivity index (χ2n) is 7.54. The van der Waals surface area contributed by atoms with Gasteiger partial charge in [-0.2, -0.15) is 0 Å². The molecule has 2 aliphatic rings. The number of aromatic nitrogens is 2. The molecule has 1 aromatic carbocycles. The molecule has 0 unspecified atom stereocenters. The number of nitrogens with zero attached hydrogens (tertiary/aromatic N) is 4. The van der Waals surface area contributed by atoms with Crippen LogP contribution in [0.25, 0.3) is 0 Å². The molecule has 0 radical (unpaired) electrons. The summed E-state index contributed by atoms with van der Waals surface area (Å²) in [6, 6.07) is 10.6. The van der Waals surface area contributed by atoms with Crippen LogP contribution in [0.5, 0.6) is 0 Å². The average Bonchev–Trinajstić information content (AvgIpc) is 3.20. The van der Waals surface area contributed by atoms with Crippen LogP contribution in [-0.2, 0) is 19.5 Å². The van der Waals surface area contributed by atoms with E-state index in [4.69, 9.17) is 16.6 Å². The second kappa shape index (κ2) is 9.00. The molecule has 1 aromatic heterocycles. The number of rotatable bonds is 7. The molecule has 5 nitrogen and oxygen atoms in total. The molecule has 3 heterocycles. The van der Waals surface area contributed by atoms with Gasteiger partial charge in [-0.25, -0.2) is 9.97 Å². The highest BCUT2D eigenvalue weighted by Gasteiger charge is 2.22. The number of hydrogen-bond donors (Lipinski definition) is 1. The van der Waals surface area contributed by atoms with Gasteiger partial charge in [0.1, 0.15) is 5.15 Å². The zero-order valence-corrected chi connectivity index (χ0v) is 16.6. The molecule has 4 rings (SSSR count). The lowest BCUT2D eigenvalue weighted by atomic mass is 10.1. The molecule has 144 valence electrons. The summed E-state index contributed by atoms with van der Waals surface area (Å²) in [6.07, 6.45) is 4.73. The minimum Gasteiger partial charge on any atom is -0.354 e. The smallest absolute Gasteiger partial charge is 0.224 e.